The molecule has 0 amide bonds. The monoisotopic (exact) mass is 407 g/mol. The van der Waals surface area contributed by atoms with Crippen molar-refractivity contribution in [3.8, 4) is 0 Å². The molecule has 4 aliphatic carbocycles. The zero-order valence-corrected chi connectivity index (χ0v) is 18.4. The summed E-state index contributed by atoms with van der Waals surface area (Å²) < 4.78 is 0. The van der Waals surface area contributed by atoms with E-state index in [4.69, 9.17) is 10.8 Å². The zero-order chi connectivity index (χ0) is 21.1. The number of carbonyl (C=O) groups is 1. The van der Waals surface area contributed by atoms with Gasteiger partial charge >= 0.3 is 5.97 Å². The van der Waals surface area contributed by atoms with Gasteiger partial charge in [-0.3, -0.25) is 4.79 Å². The molecule has 0 aromatic carbocycles. The number of rotatable bonds is 4. The summed E-state index contributed by atoms with van der Waals surface area (Å²) in [7, 11) is 0. The quantitative estimate of drug-likeness (QED) is 0.572. The van der Waals surface area contributed by atoms with Crippen LogP contribution >= 0.6 is 0 Å². The SMILES string of the molecule is C[C@H](CCC(=O)O)[C@H]1C(N)C[C@H]2[C@@H]3C(O)CC4CCCC[C@]4(C)[C@H]3CC(O)[C@]12C. The summed E-state index contributed by atoms with van der Waals surface area (Å²) in [6.07, 6.45) is 7.47. The molecule has 4 rings (SSSR count). The highest BCUT2D eigenvalue weighted by Gasteiger charge is 2.66. The fourth-order valence-electron chi connectivity index (χ4n) is 8.94. The Labute approximate surface area is 175 Å². The van der Waals surface area contributed by atoms with Crippen molar-refractivity contribution < 1.29 is 20.1 Å². The van der Waals surface area contributed by atoms with Crippen LogP contribution in [0.25, 0.3) is 0 Å². The Morgan fingerprint density at radius 2 is 1.86 bits per heavy atom. The topological polar surface area (TPSA) is 104 Å². The van der Waals surface area contributed by atoms with Crippen molar-refractivity contribution in [1.82, 2.24) is 0 Å². The van der Waals surface area contributed by atoms with E-state index in [1.54, 1.807) is 0 Å². The highest BCUT2D eigenvalue weighted by molar-refractivity contribution is 5.66. The van der Waals surface area contributed by atoms with Crippen molar-refractivity contribution in [2.75, 3.05) is 0 Å². The molecule has 5 N–H and O–H groups in total. The van der Waals surface area contributed by atoms with Crippen LogP contribution in [0, 0.1) is 46.3 Å². The molecule has 4 aliphatic rings. The molecule has 0 aromatic rings. The van der Waals surface area contributed by atoms with E-state index >= 15 is 0 Å². The fraction of sp³-hybridized carbons (Fsp3) is 0.958. The Hall–Kier alpha value is -0.650. The first kappa shape index (κ1) is 21.6. The minimum Gasteiger partial charge on any atom is -0.481 e. The lowest BCUT2D eigenvalue weighted by Crippen LogP contribution is -2.62. The third kappa shape index (κ3) is 3.18. The highest BCUT2D eigenvalue weighted by Crippen LogP contribution is 2.68. The second-order valence-electron chi connectivity index (χ2n) is 11.5. The Balaban J connectivity index is 1.65. The molecule has 0 heterocycles. The summed E-state index contributed by atoms with van der Waals surface area (Å²) in [5.74, 6) is 0.860. The second-order valence-corrected chi connectivity index (χ2v) is 11.5. The van der Waals surface area contributed by atoms with E-state index in [9.17, 15) is 15.0 Å². The van der Waals surface area contributed by atoms with Crippen molar-refractivity contribution in [2.24, 2.45) is 52.1 Å². The second kappa shape index (κ2) is 7.49. The van der Waals surface area contributed by atoms with Gasteiger partial charge in [0, 0.05) is 17.9 Å². The molecule has 0 radical (unpaired) electrons. The number of aliphatic hydroxyl groups is 2. The number of fused-ring (bicyclic) bond motifs is 5. The minimum absolute atomic E-state index is 0.0359. The van der Waals surface area contributed by atoms with Crippen LogP contribution in [-0.4, -0.2) is 39.5 Å². The maximum Gasteiger partial charge on any atom is 0.303 e. The number of hydrogen-bond acceptors (Lipinski definition) is 4. The first-order chi connectivity index (χ1) is 13.6. The number of carboxylic acids is 1. The molecule has 29 heavy (non-hydrogen) atoms. The molecule has 0 bridgehead atoms. The number of aliphatic hydroxyl groups excluding tert-OH is 2. The smallest absolute Gasteiger partial charge is 0.303 e. The lowest BCUT2D eigenvalue weighted by molar-refractivity contribution is -0.201. The average Bonchev–Trinajstić information content (AvgIpc) is 2.92. The molecule has 0 aliphatic heterocycles. The molecule has 166 valence electrons. The third-order valence-electron chi connectivity index (χ3n) is 10.3. The minimum atomic E-state index is -0.770. The molecule has 0 spiro atoms. The molecular weight excluding hydrogens is 366 g/mol. The van der Waals surface area contributed by atoms with Gasteiger partial charge in [-0.25, -0.2) is 0 Å². The van der Waals surface area contributed by atoms with Crippen LogP contribution in [-0.2, 0) is 4.79 Å². The van der Waals surface area contributed by atoms with Crippen molar-refractivity contribution in [3.63, 3.8) is 0 Å². The van der Waals surface area contributed by atoms with E-state index in [1.165, 1.54) is 25.7 Å². The van der Waals surface area contributed by atoms with Crippen LogP contribution < -0.4 is 5.73 Å². The zero-order valence-electron chi connectivity index (χ0n) is 18.4. The summed E-state index contributed by atoms with van der Waals surface area (Å²) >= 11 is 0. The van der Waals surface area contributed by atoms with Crippen LogP contribution in [0.2, 0.25) is 0 Å². The first-order valence-corrected chi connectivity index (χ1v) is 11.9. The van der Waals surface area contributed by atoms with E-state index < -0.39 is 12.1 Å². The van der Waals surface area contributed by atoms with Gasteiger partial charge in [0.15, 0.2) is 0 Å². The maximum absolute atomic E-state index is 11.5. The maximum atomic E-state index is 11.5. The van der Waals surface area contributed by atoms with Gasteiger partial charge in [0.25, 0.3) is 0 Å². The van der Waals surface area contributed by atoms with Crippen LogP contribution in [0.4, 0.5) is 0 Å². The molecule has 4 saturated carbocycles. The van der Waals surface area contributed by atoms with Gasteiger partial charge in [-0.05, 0) is 79.4 Å². The molecule has 5 nitrogen and oxygen atoms in total. The van der Waals surface area contributed by atoms with Crippen molar-refractivity contribution in [1.29, 1.82) is 0 Å². The number of hydrogen-bond donors (Lipinski definition) is 4. The van der Waals surface area contributed by atoms with Crippen LogP contribution in [0.1, 0.15) is 78.6 Å². The van der Waals surface area contributed by atoms with Gasteiger partial charge < -0.3 is 21.1 Å². The third-order valence-corrected chi connectivity index (χ3v) is 10.3. The highest BCUT2D eigenvalue weighted by atomic mass is 16.4. The predicted octanol–water partition coefficient (Wildman–Crippen LogP) is 3.42. The lowest BCUT2D eigenvalue weighted by atomic mass is 9.43. The molecular formula is C24H41NO4. The first-order valence-electron chi connectivity index (χ1n) is 11.9. The van der Waals surface area contributed by atoms with Gasteiger partial charge in [-0.1, -0.05) is 33.6 Å². The fourth-order valence-corrected chi connectivity index (χ4v) is 8.94. The number of nitrogens with two attached hydrogens (primary N) is 1. The van der Waals surface area contributed by atoms with Gasteiger partial charge in [0.1, 0.15) is 0 Å². The number of aliphatic carboxylic acids is 1. The van der Waals surface area contributed by atoms with E-state index in [1.807, 2.05) is 0 Å². The standard InChI is InChI=1S/C24H41NO4/c1-13(7-8-20(28)29)22-17(25)11-16-21-15(12-19(27)24(16,22)3)23(2)9-5-4-6-14(23)10-18(21)26/h13-19,21-22,26-27H,4-12,25H2,1-3H3,(H,28,29)/t13-,14?,15+,16+,17?,18?,19?,21-,22+,23+,24-/m1/s1. The van der Waals surface area contributed by atoms with Crippen LogP contribution in [0.3, 0.4) is 0 Å². The molecule has 4 unspecified atom stereocenters. The van der Waals surface area contributed by atoms with E-state index in [0.29, 0.717) is 18.3 Å². The van der Waals surface area contributed by atoms with Crippen molar-refractivity contribution >= 4 is 5.97 Å². The molecule has 11 atom stereocenters. The van der Waals surface area contributed by atoms with Crippen LogP contribution in [0.15, 0.2) is 0 Å². The lowest BCUT2D eigenvalue weighted by Gasteiger charge is -2.63. The Bertz CT molecular complexity index is 640. The Morgan fingerprint density at radius 1 is 1.14 bits per heavy atom. The van der Waals surface area contributed by atoms with E-state index in [-0.39, 0.29) is 53.1 Å². The summed E-state index contributed by atoms with van der Waals surface area (Å²) in [6.45, 7) is 6.72. The Morgan fingerprint density at radius 3 is 2.55 bits per heavy atom. The predicted molar refractivity (Wildman–Crippen MR) is 112 cm³/mol. The number of carboxylic acid groups (broad SMARTS) is 1. The summed E-state index contributed by atoms with van der Waals surface area (Å²) in [6, 6.07) is -0.0359. The van der Waals surface area contributed by atoms with Crippen molar-refractivity contribution in [3.05, 3.63) is 0 Å². The van der Waals surface area contributed by atoms with Gasteiger partial charge in [0.2, 0.25) is 0 Å². The molecule has 5 heteroatoms. The van der Waals surface area contributed by atoms with E-state index in [0.717, 1.165) is 19.3 Å². The molecule has 4 fully saturated rings. The summed E-state index contributed by atoms with van der Waals surface area (Å²) in [5.41, 5.74) is 6.57. The Kier molecular flexibility index (Phi) is 5.57. The normalized spacial score (nSPS) is 52.9. The summed E-state index contributed by atoms with van der Waals surface area (Å²) in [4.78, 5) is 11.1. The van der Waals surface area contributed by atoms with Gasteiger partial charge in [-0.2, -0.15) is 0 Å². The van der Waals surface area contributed by atoms with E-state index in [2.05, 4.69) is 20.8 Å². The summed E-state index contributed by atoms with van der Waals surface area (Å²) in [5, 5.41) is 32.0. The van der Waals surface area contributed by atoms with Gasteiger partial charge in [0.05, 0.1) is 12.2 Å². The molecule has 0 saturated heterocycles. The van der Waals surface area contributed by atoms with Crippen LogP contribution in [0.5, 0.6) is 0 Å². The van der Waals surface area contributed by atoms with Gasteiger partial charge in [-0.15, -0.1) is 0 Å². The average molecular weight is 408 g/mol. The van der Waals surface area contributed by atoms with Crippen molar-refractivity contribution in [2.45, 2.75) is 96.8 Å². The largest absolute Gasteiger partial charge is 0.481 e. The molecule has 0 aromatic heterocycles.